The fourth-order valence-corrected chi connectivity index (χ4v) is 6.88. The van der Waals surface area contributed by atoms with Gasteiger partial charge in [0.05, 0.1) is 24.2 Å². The summed E-state index contributed by atoms with van der Waals surface area (Å²) in [5.74, 6) is 2.20. The van der Waals surface area contributed by atoms with E-state index in [-0.39, 0.29) is 11.5 Å². The van der Waals surface area contributed by atoms with Gasteiger partial charge < -0.3 is 5.11 Å². The van der Waals surface area contributed by atoms with Crippen molar-refractivity contribution >= 4 is 5.70 Å². The van der Waals surface area contributed by atoms with E-state index in [0.29, 0.717) is 17.3 Å². The third-order valence-electron chi connectivity index (χ3n) is 8.31. The van der Waals surface area contributed by atoms with E-state index in [0.717, 1.165) is 18.8 Å². The van der Waals surface area contributed by atoms with Crippen molar-refractivity contribution in [3.05, 3.63) is 30.1 Å². The van der Waals surface area contributed by atoms with Gasteiger partial charge in [0.2, 0.25) is 0 Å². The predicted molar refractivity (Wildman–Crippen MR) is 97.4 cm³/mol. The lowest BCUT2D eigenvalue weighted by Crippen LogP contribution is -2.51. The van der Waals surface area contributed by atoms with Crippen LogP contribution in [-0.4, -0.2) is 26.2 Å². The van der Waals surface area contributed by atoms with Crippen LogP contribution in [-0.2, 0) is 0 Å². The summed E-state index contributed by atoms with van der Waals surface area (Å²) >= 11 is 0. The molecule has 4 aliphatic rings. The molecule has 0 spiro atoms. The third-order valence-corrected chi connectivity index (χ3v) is 8.31. The zero-order chi connectivity index (χ0) is 17.2. The number of allylic oxidation sites excluding steroid dienone is 4. The van der Waals surface area contributed by atoms with E-state index in [4.69, 9.17) is 0 Å². The molecule has 1 N–H and O–H groups in total. The molecular weight excluding hydrogens is 310 g/mol. The smallest absolute Gasteiger partial charge is 0.0697 e. The minimum Gasteiger partial charge on any atom is -0.393 e. The van der Waals surface area contributed by atoms with Crippen molar-refractivity contribution in [1.82, 2.24) is 15.0 Å². The van der Waals surface area contributed by atoms with Crippen LogP contribution in [0.3, 0.4) is 0 Å². The largest absolute Gasteiger partial charge is 0.393 e. The molecule has 4 nitrogen and oxygen atoms in total. The topological polar surface area (TPSA) is 50.9 Å². The van der Waals surface area contributed by atoms with E-state index in [1.54, 1.807) is 11.8 Å². The molecule has 0 radical (unpaired) electrons. The van der Waals surface area contributed by atoms with Crippen LogP contribution in [0.5, 0.6) is 0 Å². The number of aliphatic hydroxyl groups excluding tert-OH is 1. The molecule has 3 saturated carbocycles. The maximum absolute atomic E-state index is 10.2. The molecule has 3 fully saturated rings. The highest BCUT2D eigenvalue weighted by molar-refractivity contribution is 5.65. The molecule has 0 bridgehead atoms. The summed E-state index contributed by atoms with van der Waals surface area (Å²) in [5, 5.41) is 18.4. The van der Waals surface area contributed by atoms with Crippen molar-refractivity contribution in [2.75, 3.05) is 0 Å². The van der Waals surface area contributed by atoms with Gasteiger partial charge in [-0.3, -0.25) is 0 Å². The highest BCUT2D eigenvalue weighted by Gasteiger charge is 2.56. The standard InChI is InChI=1S/C21H29N3O/c1-20-9-7-15(25)13-14(20)3-4-16-17-5-6-19(24-12-11-22-23-24)21(17,2)10-8-18(16)20/h5-6,11-12,14-16,18,25H,3-4,7-10,13H2,1-2H3/t14-,15-,16-,18-,20-,21-/m0/s1. The number of fused-ring (bicyclic) bond motifs is 5. The highest BCUT2D eigenvalue weighted by Crippen LogP contribution is 2.65. The Morgan fingerprint density at radius 1 is 1.12 bits per heavy atom. The molecule has 0 aromatic carbocycles. The zero-order valence-corrected chi connectivity index (χ0v) is 15.4. The van der Waals surface area contributed by atoms with Crippen molar-refractivity contribution < 1.29 is 5.11 Å². The first-order chi connectivity index (χ1) is 12.0. The van der Waals surface area contributed by atoms with E-state index in [1.165, 1.54) is 37.8 Å². The van der Waals surface area contributed by atoms with Crippen LogP contribution in [0.2, 0.25) is 0 Å². The first-order valence-electron chi connectivity index (χ1n) is 10.00. The van der Waals surface area contributed by atoms with Gasteiger partial charge in [0.25, 0.3) is 0 Å². The Kier molecular flexibility index (Phi) is 3.35. The van der Waals surface area contributed by atoms with Crippen molar-refractivity contribution in [3.63, 3.8) is 0 Å². The molecule has 0 aliphatic heterocycles. The Morgan fingerprint density at radius 3 is 2.80 bits per heavy atom. The Balaban J connectivity index is 1.46. The number of aliphatic hydroxyl groups is 1. The van der Waals surface area contributed by atoms with Gasteiger partial charge in [-0.1, -0.05) is 30.7 Å². The number of hydrogen-bond acceptors (Lipinski definition) is 3. The van der Waals surface area contributed by atoms with Crippen LogP contribution >= 0.6 is 0 Å². The molecule has 1 aromatic heterocycles. The SMILES string of the molecule is C[C@]12CC[C@H]3[C@@H](CC[C@H]4C[C@@H](O)CC[C@@]43C)C1=CC=C2n1ccnn1. The Labute approximate surface area is 150 Å². The van der Waals surface area contributed by atoms with Crippen molar-refractivity contribution in [2.45, 2.75) is 64.9 Å². The summed E-state index contributed by atoms with van der Waals surface area (Å²) in [4.78, 5) is 0. The number of nitrogens with zero attached hydrogens (tertiary/aromatic N) is 3. The van der Waals surface area contributed by atoms with E-state index < -0.39 is 0 Å². The van der Waals surface area contributed by atoms with Gasteiger partial charge in [-0.15, -0.1) is 5.10 Å². The average Bonchev–Trinajstić information content (AvgIpc) is 3.22. The van der Waals surface area contributed by atoms with Gasteiger partial charge in [0.15, 0.2) is 0 Å². The van der Waals surface area contributed by atoms with Gasteiger partial charge in [-0.25, -0.2) is 4.68 Å². The normalized spacial score (nSPS) is 45.9. The minimum atomic E-state index is -0.0604. The number of aromatic nitrogens is 3. The third kappa shape index (κ3) is 2.09. The van der Waals surface area contributed by atoms with E-state index in [2.05, 4.69) is 36.3 Å². The lowest BCUT2D eigenvalue weighted by atomic mass is 9.46. The summed E-state index contributed by atoms with van der Waals surface area (Å²) in [6.07, 6.45) is 16.7. The van der Waals surface area contributed by atoms with Crippen molar-refractivity contribution in [1.29, 1.82) is 0 Å². The van der Waals surface area contributed by atoms with Gasteiger partial charge in [0, 0.05) is 5.41 Å². The molecule has 0 saturated heterocycles. The Hall–Kier alpha value is -1.42. The molecule has 1 heterocycles. The molecule has 0 unspecified atom stereocenters. The molecule has 25 heavy (non-hydrogen) atoms. The van der Waals surface area contributed by atoms with Crippen molar-refractivity contribution in [2.24, 2.45) is 28.6 Å². The maximum Gasteiger partial charge on any atom is 0.0697 e. The van der Waals surface area contributed by atoms with Crippen LogP contribution in [0, 0.1) is 28.6 Å². The maximum atomic E-state index is 10.2. The molecule has 1 aromatic rings. The van der Waals surface area contributed by atoms with E-state index >= 15 is 0 Å². The molecule has 4 aliphatic carbocycles. The first-order valence-corrected chi connectivity index (χ1v) is 10.00. The van der Waals surface area contributed by atoms with Crippen LogP contribution in [0.25, 0.3) is 5.70 Å². The second-order valence-electron chi connectivity index (χ2n) is 9.31. The molecule has 134 valence electrons. The van der Waals surface area contributed by atoms with Crippen molar-refractivity contribution in [3.8, 4) is 0 Å². The summed E-state index contributed by atoms with van der Waals surface area (Å²) in [7, 11) is 0. The Morgan fingerprint density at radius 2 is 2.00 bits per heavy atom. The minimum absolute atomic E-state index is 0.0604. The molecule has 4 heteroatoms. The quantitative estimate of drug-likeness (QED) is 0.839. The monoisotopic (exact) mass is 339 g/mol. The summed E-state index contributed by atoms with van der Waals surface area (Å²) < 4.78 is 1.97. The summed E-state index contributed by atoms with van der Waals surface area (Å²) in [6.45, 7) is 4.94. The molecular formula is C21H29N3O. The molecule has 0 amide bonds. The average molecular weight is 339 g/mol. The molecule has 5 rings (SSSR count). The van der Waals surface area contributed by atoms with Gasteiger partial charge in [-0.05, 0) is 74.2 Å². The molecule has 6 atom stereocenters. The lowest BCUT2D eigenvalue weighted by molar-refractivity contribution is -0.0786. The zero-order valence-electron chi connectivity index (χ0n) is 15.4. The van der Waals surface area contributed by atoms with Crippen LogP contribution < -0.4 is 0 Å². The van der Waals surface area contributed by atoms with Crippen LogP contribution in [0.15, 0.2) is 30.1 Å². The number of hydrogen-bond donors (Lipinski definition) is 1. The number of rotatable bonds is 1. The van der Waals surface area contributed by atoms with Crippen LogP contribution in [0.4, 0.5) is 0 Å². The first kappa shape index (κ1) is 15.8. The Bertz CT molecular complexity index is 736. The van der Waals surface area contributed by atoms with E-state index in [1.807, 2.05) is 10.9 Å². The summed E-state index contributed by atoms with van der Waals surface area (Å²) in [5.41, 5.74) is 3.47. The fraction of sp³-hybridized carbons (Fsp3) is 0.714. The van der Waals surface area contributed by atoms with Gasteiger partial charge in [0.1, 0.15) is 0 Å². The lowest BCUT2D eigenvalue weighted by Gasteiger charge is -2.59. The fourth-order valence-electron chi connectivity index (χ4n) is 6.88. The summed E-state index contributed by atoms with van der Waals surface area (Å²) in [6, 6.07) is 0. The predicted octanol–water partition coefficient (Wildman–Crippen LogP) is 4.05. The van der Waals surface area contributed by atoms with Crippen LogP contribution in [0.1, 0.15) is 58.8 Å². The second kappa shape index (κ2) is 5.29. The van der Waals surface area contributed by atoms with E-state index in [9.17, 15) is 5.11 Å². The highest BCUT2D eigenvalue weighted by atomic mass is 16.3. The van der Waals surface area contributed by atoms with Gasteiger partial charge >= 0.3 is 0 Å². The second-order valence-corrected chi connectivity index (χ2v) is 9.31. The van der Waals surface area contributed by atoms with Gasteiger partial charge in [-0.2, -0.15) is 0 Å².